The van der Waals surface area contributed by atoms with E-state index in [1.165, 1.54) is 11.8 Å². The average Bonchev–Trinajstić information content (AvgIpc) is 3.14. The van der Waals surface area contributed by atoms with E-state index < -0.39 is 0 Å². The Morgan fingerprint density at radius 3 is 2.61 bits per heavy atom. The minimum Gasteiger partial charge on any atom is -0.338 e. The Balaban J connectivity index is 1.73. The summed E-state index contributed by atoms with van der Waals surface area (Å²) in [5.74, 6) is 1.73. The number of nitrogens with zero attached hydrogens (tertiary/aromatic N) is 6. The van der Waals surface area contributed by atoms with Crippen molar-refractivity contribution < 1.29 is 4.52 Å². The van der Waals surface area contributed by atoms with Crippen LogP contribution in [-0.4, -0.2) is 30.3 Å². The number of hydrogen-bond donors (Lipinski definition) is 0. The fraction of sp³-hybridized carbons (Fsp3) is 0.357. The van der Waals surface area contributed by atoms with Crippen molar-refractivity contribution >= 4 is 23.4 Å². The normalized spacial score (nSPS) is 11.8. The second-order valence-corrected chi connectivity index (χ2v) is 7.28. The monoisotopic (exact) mass is 350 g/mol. The van der Waals surface area contributed by atoms with Gasteiger partial charge in [0, 0.05) is 10.4 Å². The highest BCUT2D eigenvalue weighted by atomic mass is 35.5. The van der Waals surface area contributed by atoms with Gasteiger partial charge in [0.05, 0.1) is 11.4 Å². The van der Waals surface area contributed by atoms with Crippen LogP contribution in [0.4, 0.5) is 0 Å². The van der Waals surface area contributed by atoms with Gasteiger partial charge in [0.1, 0.15) is 0 Å². The van der Waals surface area contributed by atoms with Crippen LogP contribution in [0.3, 0.4) is 0 Å². The summed E-state index contributed by atoms with van der Waals surface area (Å²) < 4.78 is 6.91. The molecule has 0 bridgehead atoms. The molecule has 0 amide bonds. The molecule has 0 saturated carbocycles. The number of halogens is 1. The standard InChI is InChI=1S/C14H15ClN6OS/c1-14(2,3)12-16-11(22-18-12)8-23-13-17-19-20-21(13)10-6-4-9(15)5-7-10/h4-7H,8H2,1-3H3. The lowest BCUT2D eigenvalue weighted by Crippen LogP contribution is -2.13. The molecular weight excluding hydrogens is 336 g/mol. The van der Waals surface area contributed by atoms with E-state index in [2.05, 4.69) is 25.7 Å². The van der Waals surface area contributed by atoms with Gasteiger partial charge in [-0.2, -0.15) is 9.67 Å². The molecule has 2 aromatic heterocycles. The zero-order chi connectivity index (χ0) is 16.4. The fourth-order valence-corrected chi connectivity index (χ4v) is 2.61. The third kappa shape index (κ3) is 3.70. The van der Waals surface area contributed by atoms with Gasteiger partial charge in [-0.3, -0.25) is 0 Å². The van der Waals surface area contributed by atoms with Gasteiger partial charge in [-0.05, 0) is 34.7 Å². The highest BCUT2D eigenvalue weighted by Crippen LogP contribution is 2.24. The molecule has 0 unspecified atom stereocenters. The molecule has 0 aliphatic heterocycles. The third-order valence-electron chi connectivity index (χ3n) is 2.98. The maximum atomic E-state index is 5.90. The van der Waals surface area contributed by atoms with Crippen molar-refractivity contribution in [3.05, 3.63) is 41.0 Å². The molecule has 23 heavy (non-hydrogen) atoms. The zero-order valence-corrected chi connectivity index (χ0v) is 14.5. The van der Waals surface area contributed by atoms with Gasteiger partial charge >= 0.3 is 0 Å². The van der Waals surface area contributed by atoms with Gasteiger partial charge in [-0.15, -0.1) is 5.10 Å². The van der Waals surface area contributed by atoms with Crippen molar-refractivity contribution in [3.8, 4) is 5.69 Å². The van der Waals surface area contributed by atoms with Gasteiger partial charge < -0.3 is 4.52 Å². The predicted molar refractivity (Wildman–Crippen MR) is 86.7 cm³/mol. The first-order chi connectivity index (χ1) is 10.9. The Morgan fingerprint density at radius 2 is 1.96 bits per heavy atom. The lowest BCUT2D eigenvalue weighted by molar-refractivity contribution is 0.372. The SMILES string of the molecule is CC(C)(C)c1noc(CSc2nnnn2-c2ccc(Cl)cc2)n1. The van der Waals surface area contributed by atoms with Crippen LogP contribution >= 0.6 is 23.4 Å². The maximum absolute atomic E-state index is 5.90. The topological polar surface area (TPSA) is 82.5 Å². The Morgan fingerprint density at radius 1 is 1.22 bits per heavy atom. The van der Waals surface area contributed by atoms with E-state index in [1.54, 1.807) is 16.8 Å². The molecule has 9 heteroatoms. The number of tetrazole rings is 1. The summed E-state index contributed by atoms with van der Waals surface area (Å²) >= 11 is 7.33. The second-order valence-electron chi connectivity index (χ2n) is 5.90. The summed E-state index contributed by atoms with van der Waals surface area (Å²) in [6.45, 7) is 6.11. The quantitative estimate of drug-likeness (QED) is 0.667. The summed E-state index contributed by atoms with van der Waals surface area (Å²) in [6.07, 6.45) is 0. The van der Waals surface area contributed by atoms with Crippen molar-refractivity contribution in [2.75, 3.05) is 0 Å². The second kappa shape index (κ2) is 6.29. The summed E-state index contributed by atoms with van der Waals surface area (Å²) in [6, 6.07) is 7.29. The first-order valence-corrected chi connectivity index (χ1v) is 8.30. The van der Waals surface area contributed by atoms with E-state index in [4.69, 9.17) is 16.1 Å². The molecule has 0 aliphatic rings. The highest BCUT2D eigenvalue weighted by molar-refractivity contribution is 7.98. The molecule has 120 valence electrons. The van der Waals surface area contributed by atoms with Crippen LogP contribution in [-0.2, 0) is 11.2 Å². The summed E-state index contributed by atoms with van der Waals surface area (Å²) in [7, 11) is 0. The third-order valence-corrected chi connectivity index (χ3v) is 4.13. The van der Waals surface area contributed by atoms with Gasteiger partial charge in [0.25, 0.3) is 0 Å². The predicted octanol–water partition coefficient (Wildman–Crippen LogP) is 3.29. The Hall–Kier alpha value is -1.93. The van der Waals surface area contributed by atoms with Crippen LogP contribution in [0.25, 0.3) is 5.69 Å². The number of thioether (sulfide) groups is 1. The van der Waals surface area contributed by atoms with Crippen LogP contribution in [0, 0.1) is 0 Å². The van der Waals surface area contributed by atoms with Crippen molar-refractivity contribution in [2.45, 2.75) is 37.1 Å². The number of rotatable bonds is 4. The summed E-state index contributed by atoms with van der Waals surface area (Å²) in [5, 5.41) is 17.1. The molecule has 0 N–H and O–H groups in total. The molecule has 0 saturated heterocycles. The first-order valence-electron chi connectivity index (χ1n) is 6.94. The first kappa shape index (κ1) is 15.9. The fourth-order valence-electron chi connectivity index (χ4n) is 1.76. The number of aromatic nitrogens is 6. The Bertz CT molecular complexity index is 792. The summed E-state index contributed by atoms with van der Waals surface area (Å²) in [5.41, 5.74) is 0.694. The molecule has 0 atom stereocenters. The number of hydrogen-bond acceptors (Lipinski definition) is 7. The Labute approximate surface area is 142 Å². The van der Waals surface area contributed by atoms with Crippen molar-refractivity contribution in [1.29, 1.82) is 0 Å². The minimum atomic E-state index is -0.142. The smallest absolute Gasteiger partial charge is 0.237 e. The highest BCUT2D eigenvalue weighted by Gasteiger charge is 2.21. The van der Waals surface area contributed by atoms with E-state index in [0.717, 1.165) is 5.69 Å². The van der Waals surface area contributed by atoms with E-state index >= 15 is 0 Å². The van der Waals surface area contributed by atoms with Gasteiger partial charge in [-0.1, -0.05) is 49.3 Å². The molecular formula is C14H15ClN6OS. The zero-order valence-electron chi connectivity index (χ0n) is 12.9. The molecule has 0 aliphatic carbocycles. The minimum absolute atomic E-state index is 0.142. The van der Waals surface area contributed by atoms with Gasteiger partial charge in [0.2, 0.25) is 11.0 Å². The van der Waals surface area contributed by atoms with Crippen LogP contribution in [0.2, 0.25) is 5.02 Å². The van der Waals surface area contributed by atoms with Crippen molar-refractivity contribution in [2.24, 2.45) is 0 Å². The summed E-state index contributed by atoms with van der Waals surface area (Å²) in [4.78, 5) is 4.40. The lowest BCUT2D eigenvalue weighted by Gasteiger charge is -2.10. The lowest BCUT2D eigenvalue weighted by atomic mass is 9.96. The Kier molecular flexibility index (Phi) is 4.36. The largest absolute Gasteiger partial charge is 0.338 e. The maximum Gasteiger partial charge on any atom is 0.237 e. The van der Waals surface area contributed by atoms with Crippen molar-refractivity contribution in [3.63, 3.8) is 0 Å². The molecule has 0 spiro atoms. The molecule has 2 heterocycles. The molecule has 0 radical (unpaired) electrons. The van der Waals surface area contributed by atoms with Crippen LogP contribution in [0.1, 0.15) is 32.5 Å². The van der Waals surface area contributed by atoms with E-state index in [0.29, 0.717) is 27.6 Å². The van der Waals surface area contributed by atoms with Gasteiger partial charge in [0.15, 0.2) is 5.82 Å². The molecule has 0 fully saturated rings. The van der Waals surface area contributed by atoms with Crippen LogP contribution in [0.15, 0.2) is 33.9 Å². The van der Waals surface area contributed by atoms with Crippen LogP contribution in [0.5, 0.6) is 0 Å². The van der Waals surface area contributed by atoms with E-state index in [-0.39, 0.29) is 5.41 Å². The van der Waals surface area contributed by atoms with Crippen LogP contribution < -0.4 is 0 Å². The molecule has 3 rings (SSSR count). The molecule has 7 nitrogen and oxygen atoms in total. The number of benzene rings is 1. The van der Waals surface area contributed by atoms with Crippen molar-refractivity contribution in [1.82, 2.24) is 30.3 Å². The van der Waals surface area contributed by atoms with Gasteiger partial charge in [-0.25, -0.2) is 0 Å². The molecule has 3 aromatic rings. The van der Waals surface area contributed by atoms with E-state index in [9.17, 15) is 0 Å². The van der Waals surface area contributed by atoms with E-state index in [1.807, 2.05) is 32.9 Å². The average molecular weight is 351 g/mol. The molecule has 1 aromatic carbocycles.